The predicted octanol–water partition coefficient (Wildman–Crippen LogP) is 2.64. The van der Waals surface area contributed by atoms with E-state index in [-0.39, 0.29) is 11.9 Å². The number of nitrogens with one attached hydrogen (secondary N) is 1. The minimum absolute atomic E-state index is 0.0160. The molecule has 1 fully saturated rings. The molecule has 3 rings (SSSR count). The Morgan fingerprint density at radius 3 is 2.62 bits per heavy atom. The Bertz CT molecular complexity index is 730. The van der Waals surface area contributed by atoms with E-state index < -0.39 is 5.82 Å². The highest BCUT2D eigenvalue weighted by atomic mass is 19.1. The number of rotatable bonds is 6. The second-order valence-corrected chi connectivity index (χ2v) is 6.16. The Morgan fingerprint density at radius 1 is 1.23 bits per heavy atom. The van der Waals surface area contributed by atoms with Crippen LogP contribution in [0, 0.1) is 5.82 Å². The topological polar surface area (TPSA) is 50.8 Å². The van der Waals surface area contributed by atoms with Crippen molar-refractivity contribution >= 4 is 5.91 Å². The molecule has 26 heavy (non-hydrogen) atoms. The van der Waals surface area contributed by atoms with Gasteiger partial charge in [0.15, 0.2) is 0 Å². The highest BCUT2D eigenvalue weighted by Crippen LogP contribution is 2.23. The van der Waals surface area contributed by atoms with E-state index >= 15 is 0 Å². The number of ether oxygens (including phenoxy) is 2. The zero-order valence-corrected chi connectivity index (χ0v) is 14.8. The van der Waals surface area contributed by atoms with Crippen molar-refractivity contribution in [2.45, 2.75) is 6.04 Å². The first-order valence-electron chi connectivity index (χ1n) is 8.67. The van der Waals surface area contributed by atoms with Gasteiger partial charge >= 0.3 is 0 Å². The first-order valence-corrected chi connectivity index (χ1v) is 8.67. The number of morpholine rings is 1. The molecule has 1 N–H and O–H groups in total. The largest absolute Gasteiger partial charge is 0.497 e. The third kappa shape index (κ3) is 4.59. The van der Waals surface area contributed by atoms with Crippen LogP contribution in [0.3, 0.4) is 0 Å². The lowest BCUT2D eigenvalue weighted by Crippen LogP contribution is -2.43. The van der Waals surface area contributed by atoms with Crippen molar-refractivity contribution in [3.8, 4) is 5.75 Å². The maximum absolute atomic E-state index is 13.3. The summed E-state index contributed by atoms with van der Waals surface area (Å²) in [5.74, 6) is 0.0899. The fourth-order valence-corrected chi connectivity index (χ4v) is 3.09. The Morgan fingerprint density at radius 2 is 1.96 bits per heavy atom. The molecule has 1 saturated heterocycles. The lowest BCUT2D eigenvalue weighted by atomic mass is 10.0. The Kier molecular flexibility index (Phi) is 6.20. The molecule has 1 aliphatic heterocycles. The summed E-state index contributed by atoms with van der Waals surface area (Å²) in [5, 5.41) is 2.93. The zero-order valence-electron chi connectivity index (χ0n) is 14.8. The van der Waals surface area contributed by atoms with Crippen molar-refractivity contribution in [2.75, 3.05) is 40.0 Å². The molecule has 5 nitrogen and oxygen atoms in total. The SMILES string of the molecule is COc1ccc([C@@H](CNC(=O)c2cccc(F)c2)N2CCOCC2)cc1. The highest BCUT2D eigenvalue weighted by Gasteiger charge is 2.23. The van der Waals surface area contributed by atoms with Crippen LogP contribution < -0.4 is 10.1 Å². The lowest BCUT2D eigenvalue weighted by Gasteiger charge is -2.35. The molecule has 0 radical (unpaired) electrons. The van der Waals surface area contributed by atoms with E-state index in [4.69, 9.17) is 9.47 Å². The van der Waals surface area contributed by atoms with Crippen LogP contribution in [0.1, 0.15) is 22.0 Å². The summed E-state index contributed by atoms with van der Waals surface area (Å²) >= 11 is 0. The summed E-state index contributed by atoms with van der Waals surface area (Å²) in [6.07, 6.45) is 0. The van der Waals surface area contributed by atoms with E-state index in [0.717, 1.165) is 24.4 Å². The van der Waals surface area contributed by atoms with Crippen molar-refractivity contribution in [3.05, 3.63) is 65.5 Å². The van der Waals surface area contributed by atoms with Crippen LogP contribution in [0.25, 0.3) is 0 Å². The predicted molar refractivity (Wildman–Crippen MR) is 96.9 cm³/mol. The molecule has 2 aromatic carbocycles. The molecular formula is C20H23FN2O3. The number of amides is 1. The van der Waals surface area contributed by atoms with E-state index in [2.05, 4.69) is 10.2 Å². The number of benzene rings is 2. The van der Waals surface area contributed by atoms with Crippen LogP contribution in [-0.2, 0) is 4.74 Å². The molecule has 1 aliphatic rings. The number of methoxy groups -OCH3 is 1. The van der Waals surface area contributed by atoms with Gasteiger partial charge in [-0.05, 0) is 35.9 Å². The first kappa shape index (κ1) is 18.4. The smallest absolute Gasteiger partial charge is 0.251 e. The summed E-state index contributed by atoms with van der Waals surface area (Å²) in [5.41, 5.74) is 1.41. The molecule has 0 bridgehead atoms. The standard InChI is InChI=1S/C20H23FN2O3/c1-25-18-7-5-15(6-8-18)19(23-9-11-26-12-10-23)14-22-20(24)16-3-2-4-17(21)13-16/h2-8,13,19H,9-12,14H2,1H3,(H,22,24)/t19-/m1/s1. The van der Waals surface area contributed by atoms with E-state index in [0.29, 0.717) is 25.3 Å². The molecule has 1 heterocycles. The molecule has 1 atom stereocenters. The van der Waals surface area contributed by atoms with Crippen LogP contribution >= 0.6 is 0 Å². The molecule has 138 valence electrons. The second-order valence-electron chi connectivity index (χ2n) is 6.16. The molecule has 0 saturated carbocycles. The molecule has 2 aromatic rings. The third-order valence-electron chi connectivity index (χ3n) is 4.53. The molecule has 0 aliphatic carbocycles. The highest BCUT2D eigenvalue weighted by molar-refractivity contribution is 5.94. The lowest BCUT2D eigenvalue weighted by molar-refractivity contribution is 0.0162. The summed E-state index contributed by atoms with van der Waals surface area (Å²) < 4.78 is 24.0. The van der Waals surface area contributed by atoms with Crippen molar-refractivity contribution < 1.29 is 18.7 Å². The van der Waals surface area contributed by atoms with Gasteiger partial charge in [0, 0.05) is 25.2 Å². The van der Waals surface area contributed by atoms with Crippen LogP contribution in [-0.4, -0.2) is 50.8 Å². The Balaban J connectivity index is 1.73. The van der Waals surface area contributed by atoms with Gasteiger partial charge in [-0.2, -0.15) is 0 Å². The summed E-state index contributed by atoms with van der Waals surface area (Å²) in [6, 6.07) is 13.6. The molecular weight excluding hydrogens is 335 g/mol. The van der Waals surface area contributed by atoms with Gasteiger partial charge in [-0.1, -0.05) is 18.2 Å². The fourth-order valence-electron chi connectivity index (χ4n) is 3.09. The number of hydrogen-bond acceptors (Lipinski definition) is 4. The monoisotopic (exact) mass is 358 g/mol. The number of nitrogens with zero attached hydrogens (tertiary/aromatic N) is 1. The van der Waals surface area contributed by atoms with Crippen LogP contribution in [0.5, 0.6) is 5.75 Å². The molecule has 0 aromatic heterocycles. The van der Waals surface area contributed by atoms with Gasteiger partial charge in [-0.25, -0.2) is 4.39 Å². The number of carbonyl (C=O) groups excluding carboxylic acids is 1. The maximum atomic E-state index is 13.3. The Labute approximate surface area is 152 Å². The van der Waals surface area contributed by atoms with Gasteiger partial charge in [0.25, 0.3) is 5.91 Å². The van der Waals surface area contributed by atoms with E-state index in [1.54, 1.807) is 13.2 Å². The average Bonchev–Trinajstić information content (AvgIpc) is 2.69. The van der Waals surface area contributed by atoms with Gasteiger partial charge in [-0.15, -0.1) is 0 Å². The Hall–Kier alpha value is -2.44. The fraction of sp³-hybridized carbons (Fsp3) is 0.350. The van der Waals surface area contributed by atoms with Gasteiger partial charge < -0.3 is 14.8 Å². The number of halogens is 1. The minimum atomic E-state index is -0.419. The van der Waals surface area contributed by atoms with Crippen molar-refractivity contribution in [1.82, 2.24) is 10.2 Å². The van der Waals surface area contributed by atoms with E-state index in [1.807, 2.05) is 24.3 Å². The summed E-state index contributed by atoms with van der Waals surface area (Å²) in [4.78, 5) is 14.7. The van der Waals surface area contributed by atoms with Crippen LogP contribution in [0.4, 0.5) is 4.39 Å². The number of carbonyl (C=O) groups is 1. The minimum Gasteiger partial charge on any atom is -0.497 e. The molecule has 0 unspecified atom stereocenters. The number of hydrogen-bond donors (Lipinski definition) is 1. The molecule has 6 heteroatoms. The zero-order chi connectivity index (χ0) is 18.4. The summed E-state index contributed by atoms with van der Waals surface area (Å²) in [7, 11) is 1.63. The van der Waals surface area contributed by atoms with Gasteiger partial charge in [0.1, 0.15) is 11.6 Å². The first-order chi connectivity index (χ1) is 12.7. The van der Waals surface area contributed by atoms with Gasteiger partial charge in [-0.3, -0.25) is 9.69 Å². The average molecular weight is 358 g/mol. The normalized spacial score (nSPS) is 16.1. The van der Waals surface area contributed by atoms with Crippen molar-refractivity contribution in [2.24, 2.45) is 0 Å². The van der Waals surface area contributed by atoms with Gasteiger partial charge in [0.2, 0.25) is 0 Å². The van der Waals surface area contributed by atoms with Crippen LogP contribution in [0.15, 0.2) is 48.5 Å². The van der Waals surface area contributed by atoms with Crippen molar-refractivity contribution in [3.63, 3.8) is 0 Å². The van der Waals surface area contributed by atoms with Crippen LogP contribution in [0.2, 0.25) is 0 Å². The maximum Gasteiger partial charge on any atom is 0.251 e. The second kappa shape index (κ2) is 8.78. The van der Waals surface area contributed by atoms with Gasteiger partial charge in [0.05, 0.1) is 26.4 Å². The quantitative estimate of drug-likeness (QED) is 0.863. The summed E-state index contributed by atoms with van der Waals surface area (Å²) in [6.45, 7) is 3.37. The van der Waals surface area contributed by atoms with E-state index in [1.165, 1.54) is 18.2 Å². The molecule has 1 amide bonds. The molecule has 0 spiro atoms. The van der Waals surface area contributed by atoms with Crippen molar-refractivity contribution in [1.29, 1.82) is 0 Å². The third-order valence-corrected chi connectivity index (χ3v) is 4.53. The van der Waals surface area contributed by atoms with E-state index in [9.17, 15) is 9.18 Å².